The highest BCUT2D eigenvalue weighted by atomic mass is 16.2. The maximum atomic E-state index is 12.4. The fourth-order valence-electron chi connectivity index (χ4n) is 4.90. The molecule has 0 bridgehead atoms. The highest BCUT2D eigenvalue weighted by Gasteiger charge is 2.56. The lowest BCUT2D eigenvalue weighted by Gasteiger charge is -2.53. The van der Waals surface area contributed by atoms with E-state index in [1.807, 2.05) is 6.07 Å². The van der Waals surface area contributed by atoms with Crippen molar-refractivity contribution in [2.24, 2.45) is 11.3 Å². The van der Waals surface area contributed by atoms with Crippen LogP contribution in [-0.4, -0.2) is 30.4 Å². The van der Waals surface area contributed by atoms with Crippen molar-refractivity contribution in [3.05, 3.63) is 35.9 Å². The molecule has 0 aromatic heterocycles. The average molecular weight is 312 g/mol. The van der Waals surface area contributed by atoms with Gasteiger partial charge >= 0.3 is 0 Å². The average Bonchev–Trinajstić information content (AvgIpc) is 2.62. The first-order valence-corrected chi connectivity index (χ1v) is 9.36. The Labute approximate surface area is 139 Å². The first-order chi connectivity index (χ1) is 11.3. The summed E-state index contributed by atoms with van der Waals surface area (Å²) in [5.41, 5.74) is 1.14. The third-order valence-corrected chi connectivity index (χ3v) is 6.40. The van der Waals surface area contributed by atoms with Crippen molar-refractivity contribution in [3.63, 3.8) is 0 Å². The first-order valence-electron chi connectivity index (χ1n) is 9.36. The topological polar surface area (TPSA) is 32.3 Å². The number of benzene rings is 1. The van der Waals surface area contributed by atoms with Gasteiger partial charge in [-0.05, 0) is 50.3 Å². The van der Waals surface area contributed by atoms with Crippen LogP contribution in [0.25, 0.3) is 0 Å². The molecule has 4 rings (SSSR count). The van der Waals surface area contributed by atoms with Crippen molar-refractivity contribution in [2.75, 3.05) is 19.6 Å². The van der Waals surface area contributed by atoms with Gasteiger partial charge in [-0.3, -0.25) is 4.79 Å². The lowest BCUT2D eigenvalue weighted by atomic mass is 9.64. The van der Waals surface area contributed by atoms with E-state index in [9.17, 15) is 4.79 Å². The van der Waals surface area contributed by atoms with Crippen molar-refractivity contribution in [2.45, 2.75) is 51.0 Å². The molecule has 1 spiro atoms. The van der Waals surface area contributed by atoms with Gasteiger partial charge in [-0.1, -0.05) is 49.6 Å². The molecule has 1 aromatic rings. The molecule has 3 nitrogen and oxygen atoms in total. The standard InChI is InChI=1S/C20H28N2O/c23-19-20(18(21-19)17-9-5-2-6-10-17)11-13-22(14-12-20)15-16-7-3-1-4-8-16/h2,5-6,9-10,16,18H,1,3-4,7-8,11-15H2,(H,21,23). The molecule has 1 unspecified atom stereocenters. The van der Waals surface area contributed by atoms with E-state index in [0.717, 1.165) is 31.8 Å². The molecule has 1 N–H and O–H groups in total. The van der Waals surface area contributed by atoms with Gasteiger partial charge in [-0.2, -0.15) is 0 Å². The molecule has 124 valence electrons. The van der Waals surface area contributed by atoms with Gasteiger partial charge in [0.2, 0.25) is 5.91 Å². The Balaban J connectivity index is 1.38. The smallest absolute Gasteiger partial charge is 0.229 e. The number of carbonyl (C=O) groups excluding carboxylic acids is 1. The number of β-lactam (4-membered cyclic amide) rings is 1. The minimum atomic E-state index is -0.135. The van der Waals surface area contributed by atoms with Crippen LogP contribution in [0, 0.1) is 11.3 Å². The number of likely N-dealkylation sites (tertiary alicyclic amines) is 1. The largest absolute Gasteiger partial charge is 0.348 e. The molecule has 2 heterocycles. The summed E-state index contributed by atoms with van der Waals surface area (Å²) < 4.78 is 0. The highest BCUT2D eigenvalue weighted by Crippen LogP contribution is 2.49. The Morgan fingerprint density at radius 3 is 2.39 bits per heavy atom. The van der Waals surface area contributed by atoms with Crippen molar-refractivity contribution in [1.82, 2.24) is 10.2 Å². The van der Waals surface area contributed by atoms with E-state index in [1.54, 1.807) is 0 Å². The Hall–Kier alpha value is -1.35. The first kappa shape index (κ1) is 15.2. The maximum absolute atomic E-state index is 12.4. The number of carbonyl (C=O) groups is 1. The third kappa shape index (κ3) is 2.80. The second-order valence-corrected chi connectivity index (χ2v) is 7.78. The van der Waals surface area contributed by atoms with Crippen molar-refractivity contribution in [1.29, 1.82) is 0 Å². The summed E-state index contributed by atoms with van der Waals surface area (Å²) in [6.07, 6.45) is 9.13. The number of piperidine rings is 1. The van der Waals surface area contributed by atoms with Crippen LogP contribution in [0.3, 0.4) is 0 Å². The minimum absolute atomic E-state index is 0.135. The zero-order valence-electron chi connectivity index (χ0n) is 14.0. The Kier molecular flexibility index (Phi) is 4.14. The van der Waals surface area contributed by atoms with Crippen LogP contribution in [0.1, 0.15) is 56.6 Å². The molecular weight excluding hydrogens is 284 g/mol. The maximum Gasteiger partial charge on any atom is 0.229 e. The normalized spacial score (nSPS) is 28.3. The third-order valence-electron chi connectivity index (χ3n) is 6.40. The molecular formula is C20H28N2O. The van der Waals surface area contributed by atoms with Crippen molar-refractivity contribution >= 4 is 5.91 Å². The lowest BCUT2D eigenvalue weighted by Crippen LogP contribution is -2.64. The second kappa shape index (κ2) is 6.27. The molecule has 1 amide bonds. The van der Waals surface area contributed by atoms with Crippen molar-refractivity contribution < 1.29 is 4.79 Å². The summed E-state index contributed by atoms with van der Waals surface area (Å²) in [6.45, 7) is 3.44. The summed E-state index contributed by atoms with van der Waals surface area (Å²) in [5, 5.41) is 3.16. The zero-order valence-corrected chi connectivity index (χ0v) is 14.0. The summed E-state index contributed by atoms with van der Waals surface area (Å²) in [4.78, 5) is 15.0. The predicted octanol–water partition coefficient (Wildman–Crippen LogP) is 3.52. The molecule has 3 aliphatic rings. The highest BCUT2D eigenvalue weighted by molar-refractivity contribution is 5.90. The van der Waals surface area contributed by atoms with Gasteiger partial charge in [0.25, 0.3) is 0 Å². The van der Waals surface area contributed by atoms with Crippen LogP contribution in [0.15, 0.2) is 30.3 Å². The number of nitrogens with zero attached hydrogens (tertiary/aromatic N) is 1. The van der Waals surface area contributed by atoms with Crippen LogP contribution in [0.4, 0.5) is 0 Å². The van der Waals surface area contributed by atoms with Crippen LogP contribution in [-0.2, 0) is 4.79 Å². The SMILES string of the molecule is O=C1NC(c2ccccc2)C12CCN(CC1CCCCC1)CC2. The Morgan fingerprint density at radius 1 is 1.04 bits per heavy atom. The second-order valence-electron chi connectivity index (χ2n) is 7.78. The van der Waals surface area contributed by atoms with Gasteiger partial charge < -0.3 is 10.2 Å². The quantitative estimate of drug-likeness (QED) is 0.866. The van der Waals surface area contributed by atoms with E-state index in [1.165, 1.54) is 44.2 Å². The molecule has 2 aliphatic heterocycles. The molecule has 1 aromatic carbocycles. The summed E-state index contributed by atoms with van der Waals surface area (Å²) in [6, 6.07) is 10.7. The monoisotopic (exact) mass is 312 g/mol. The van der Waals surface area contributed by atoms with E-state index < -0.39 is 0 Å². The zero-order chi connectivity index (χ0) is 15.7. The van der Waals surface area contributed by atoms with Crippen LogP contribution in [0.2, 0.25) is 0 Å². The van der Waals surface area contributed by atoms with Gasteiger partial charge in [0.1, 0.15) is 0 Å². The molecule has 3 heteroatoms. The Morgan fingerprint density at radius 2 is 1.74 bits per heavy atom. The van der Waals surface area contributed by atoms with Crippen LogP contribution >= 0.6 is 0 Å². The van der Waals surface area contributed by atoms with E-state index in [4.69, 9.17) is 0 Å². The number of rotatable bonds is 3. The molecule has 1 saturated carbocycles. The molecule has 1 atom stereocenters. The van der Waals surface area contributed by atoms with E-state index in [0.29, 0.717) is 0 Å². The number of hydrogen-bond donors (Lipinski definition) is 1. The van der Waals surface area contributed by atoms with Gasteiger partial charge in [-0.15, -0.1) is 0 Å². The van der Waals surface area contributed by atoms with Crippen molar-refractivity contribution in [3.8, 4) is 0 Å². The predicted molar refractivity (Wildman–Crippen MR) is 92.0 cm³/mol. The molecule has 23 heavy (non-hydrogen) atoms. The van der Waals surface area contributed by atoms with Gasteiger partial charge in [0.15, 0.2) is 0 Å². The van der Waals surface area contributed by atoms with E-state index >= 15 is 0 Å². The van der Waals surface area contributed by atoms with E-state index in [2.05, 4.69) is 34.5 Å². The molecule has 0 radical (unpaired) electrons. The van der Waals surface area contributed by atoms with Gasteiger partial charge in [0, 0.05) is 6.54 Å². The fourth-order valence-corrected chi connectivity index (χ4v) is 4.90. The number of amides is 1. The van der Waals surface area contributed by atoms with Crippen LogP contribution < -0.4 is 5.32 Å². The summed E-state index contributed by atoms with van der Waals surface area (Å²) in [5.74, 6) is 1.18. The number of nitrogens with one attached hydrogen (secondary N) is 1. The fraction of sp³-hybridized carbons (Fsp3) is 0.650. The van der Waals surface area contributed by atoms with Gasteiger partial charge in [0.05, 0.1) is 11.5 Å². The Bertz CT molecular complexity index is 542. The van der Waals surface area contributed by atoms with E-state index in [-0.39, 0.29) is 17.4 Å². The molecule has 3 fully saturated rings. The van der Waals surface area contributed by atoms with Crippen LogP contribution in [0.5, 0.6) is 0 Å². The minimum Gasteiger partial charge on any atom is -0.348 e. The lowest BCUT2D eigenvalue weighted by molar-refractivity contribution is -0.151. The summed E-state index contributed by atoms with van der Waals surface area (Å²) >= 11 is 0. The summed E-state index contributed by atoms with van der Waals surface area (Å²) in [7, 11) is 0. The molecule has 2 saturated heterocycles. The number of hydrogen-bond acceptors (Lipinski definition) is 2. The molecule has 1 aliphatic carbocycles. The van der Waals surface area contributed by atoms with Gasteiger partial charge in [-0.25, -0.2) is 0 Å².